The van der Waals surface area contributed by atoms with Gasteiger partial charge in [0.1, 0.15) is 0 Å². The molecule has 18 heavy (non-hydrogen) atoms. The minimum Gasteiger partial charge on any atom is -0.454 e. The van der Waals surface area contributed by atoms with Gasteiger partial charge >= 0.3 is 0 Å². The van der Waals surface area contributed by atoms with Crippen LogP contribution in [0.25, 0.3) is 0 Å². The van der Waals surface area contributed by atoms with Gasteiger partial charge in [0.15, 0.2) is 17.5 Å². The maximum Gasteiger partial charge on any atom is 0.231 e. The zero-order valence-corrected chi connectivity index (χ0v) is 11.0. The van der Waals surface area contributed by atoms with Crippen molar-refractivity contribution >= 4 is 5.96 Å². The molecule has 0 unspecified atom stereocenters. The fourth-order valence-corrected chi connectivity index (χ4v) is 1.70. The van der Waals surface area contributed by atoms with Gasteiger partial charge < -0.3 is 20.1 Å². The van der Waals surface area contributed by atoms with Crippen LogP contribution in [0.4, 0.5) is 0 Å². The summed E-state index contributed by atoms with van der Waals surface area (Å²) < 4.78 is 10.6. The number of aliphatic imine (C=N–C) groups is 1. The Balaban J connectivity index is 1.94. The minimum atomic E-state index is 0.308. The third kappa shape index (κ3) is 3.06. The molecule has 2 rings (SSSR count). The summed E-state index contributed by atoms with van der Waals surface area (Å²) in [5, 5.41) is 6.49. The zero-order chi connectivity index (χ0) is 13.0. The predicted octanol–water partition coefficient (Wildman–Crippen LogP) is 1.49. The molecule has 98 valence electrons. The van der Waals surface area contributed by atoms with Gasteiger partial charge in [0.05, 0.1) is 0 Å². The predicted molar refractivity (Wildman–Crippen MR) is 71.0 cm³/mol. The molecule has 0 saturated carbocycles. The van der Waals surface area contributed by atoms with E-state index in [1.807, 2.05) is 18.2 Å². The number of ether oxygens (including phenoxy) is 2. The van der Waals surface area contributed by atoms with Gasteiger partial charge in [-0.05, 0) is 31.5 Å². The molecule has 5 heteroatoms. The monoisotopic (exact) mass is 249 g/mol. The van der Waals surface area contributed by atoms with E-state index in [4.69, 9.17) is 9.47 Å². The molecule has 1 aromatic rings. The fourth-order valence-electron chi connectivity index (χ4n) is 1.70. The summed E-state index contributed by atoms with van der Waals surface area (Å²) in [7, 11) is 1.76. The first-order valence-corrected chi connectivity index (χ1v) is 6.04. The van der Waals surface area contributed by atoms with Gasteiger partial charge in [-0.3, -0.25) is 4.99 Å². The van der Waals surface area contributed by atoms with Gasteiger partial charge in [0.2, 0.25) is 6.79 Å². The van der Waals surface area contributed by atoms with E-state index in [9.17, 15) is 0 Å². The van der Waals surface area contributed by atoms with E-state index in [0.717, 1.165) is 23.0 Å². The first-order chi connectivity index (χ1) is 8.69. The number of rotatable bonds is 3. The third-order valence-electron chi connectivity index (χ3n) is 2.55. The third-order valence-corrected chi connectivity index (χ3v) is 2.55. The van der Waals surface area contributed by atoms with Gasteiger partial charge in [0.25, 0.3) is 0 Å². The van der Waals surface area contributed by atoms with Crippen LogP contribution >= 0.6 is 0 Å². The Morgan fingerprint density at radius 3 is 2.83 bits per heavy atom. The van der Waals surface area contributed by atoms with Crippen LogP contribution in [0, 0.1) is 0 Å². The molecule has 0 bridgehead atoms. The zero-order valence-electron chi connectivity index (χ0n) is 11.0. The Bertz CT molecular complexity index is 444. The highest BCUT2D eigenvalue weighted by Crippen LogP contribution is 2.32. The van der Waals surface area contributed by atoms with Crippen molar-refractivity contribution in [2.75, 3.05) is 13.8 Å². The first kappa shape index (κ1) is 12.5. The minimum absolute atomic E-state index is 0.308. The topological polar surface area (TPSA) is 54.9 Å². The summed E-state index contributed by atoms with van der Waals surface area (Å²) in [6.07, 6.45) is 0. The lowest BCUT2D eigenvalue weighted by Crippen LogP contribution is -2.40. The van der Waals surface area contributed by atoms with E-state index in [1.54, 1.807) is 7.05 Å². The molecule has 0 aliphatic carbocycles. The number of hydrogen-bond acceptors (Lipinski definition) is 3. The summed E-state index contributed by atoms with van der Waals surface area (Å²) in [5.41, 5.74) is 1.13. The Kier molecular flexibility index (Phi) is 3.92. The first-order valence-electron chi connectivity index (χ1n) is 6.04. The largest absolute Gasteiger partial charge is 0.454 e. The average molecular weight is 249 g/mol. The van der Waals surface area contributed by atoms with Crippen LogP contribution in [0.3, 0.4) is 0 Å². The van der Waals surface area contributed by atoms with E-state index in [2.05, 4.69) is 29.5 Å². The van der Waals surface area contributed by atoms with E-state index in [-0.39, 0.29) is 0 Å². The van der Waals surface area contributed by atoms with E-state index < -0.39 is 0 Å². The second-order valence-electron chi connectivity index (χ2n) is 4.41. The van der Waals surface area contributed by atoms with Crippen LogP contribution in [0.1, 0.15) is 19.4 Å². The van der Waals surface area contributed by atoms with Gasteiger partial charge in [-0.2, -0.15) is 0 Å². The molecule has 1 heterocycles. The van der Waals surface area contributed by atoms with E-state index >= 15 is 0 Å². The van der Waals surface area contributed by atoms with Gasteiger partial charge in [-0.1, -0.05) is 6.07 Å². The highest BCUT2D eigenvalue weighted by atomic mass is 16.7. The second kappa shape index (κ2) is 5.62. The van der Waals surface area contributed by atoms with Crippen molar-refractivity contribution in [3.05, 3.63) is 23.8 Å². The smallest absolute Gasteiger partial charge is 0.231 e. The molecule has 0 saturated heterocycles. The molecule has 2 N–H and O–H groups in total. The molecular weight excluding hydrogens is 230 g/mol. The maximum absolute atomic E-state index is 5.34. The van der Waals surface area contributed by atoms with Crippen molar-refractivity contribution < 1.29 is 9.47 Å². The van der Waals surface area contributed by atoms with Gasteiger partial charge in [-0.15, -0.1) is 0 Å². The van der Waals surface area contributed by atoms with Crippen molar-refractivity contribution in [3.63, 3.8) is 0 Å². The fraction of sp³-hybridized carbons (Fsp3) is 0.462. The highest BCUT2D eigenvalue weighted by molar-refractivity contribution is 5.79. The van der Waals surface area contributed by atoms with Gasteiger partial charge in [0, 0.05) is 19.6 Å². The Labute approximate surface area is 107 Å². The molecule has 0 aromatic heterocycles. The van der Waals surface area contributed by atoms with Crippen LogP contribution < -0.4 is 20.1 Å². The molecule has 1 aliphatic rings. The molecule has 5 nitrogen and oxygen atoms in total. The van der Waals surface area contributed by atoms with Crippen molar-refractivity contribution in [1.82, 2.24) is 10.6 Å². The number of fused-ring (bicyclic) bond motifs is 1. The molecule has 1 aliphatic heterocycles. The molecule has 0 spiro atoms. The molecule has 0 amide bonds. The molecule has 0 atom stereocenters. The van der Waals surface area contributed by atoms with Crippen LogP contribution in [0.15, 0.2) is 23.2 Å². The molecular formula is C13H19N3O2. The summed E-state index contributed by atoms with van der Waals surface area (Å²) in [6.45, 7) is 5.16. The SMILES string of the molecule is CN=C(NCc1ccc2c(c1)OCO2)NC(C)C. The maximum atomic E-state index is 5.34. The number of guanidine groups is 1. The summed E-state index contributed by atoms with van der Waals surface area (Å²) in [5.74, 6) is 2.41. The lowest BCUT2D eigenvalue weighted by Gasteiger charge is -2.14. The number of benzene rings is 1. The molecule has 0 radical (unpaired) electrons. The summed E-state index contributed by atoms with van der Waals surface area (Å²) >= 11 is 0. The number of nitrogens with zero attached hydrogens (tertiary/aromatic N) is 1. The number of hydrogen-bond donors (Lipinski definition) is 2. The van der Waals surface area contributed by atoms with Crippen LogP contribution in [-0.4, -0.2) is 25.8 Å². The average Bonchev–Trinajstić information content (AvgIpc) is 2.81. The van der Waals surface area contributed by atoms with Crippen LogP contribution in [0.5, 0.6) is 11.5 Å². The Morgan fingerprint density at radius 2 is 2.11 bits per heavy atom. The quantitative estimate of drug-likeness (QED) is 0.629. The second-order valence-corrected chi connectivity index (χ2v) is 4.41. The Hall–Kier alpha value is -1.91. The normalized spacial score (nSPS) is 13.9. The van der Waals surface area contributed by atoms with E-state index in [1.165, 1.54) is 0 Å². The van der Waals surface area contributed by atoms with Crippen LogP contribution in [0.2, 0.25) is 0 Å². The lowest BCUT2D eigenvalue weighted by molar-refractivity contribution is 0.174. The van der Waals surface area contributed by atoms with Crippen LogP contribution in [-0.2, 0) is 6.54 Å². The highest BCUT2D eigenvalue weighted by Gasteiger charge is 2.13. The van der Waals surface area contributed by atoms with Crippen molar-refractivity contribution in [3.8, 4) is 11.5 Å². The standard InChI is InChI=1S/C13H19N3O2/c1-9(2)16-13(14-3)15-7-10-4-5-11-12(6-10)18-8-17-11/h4-6,9H,7-8H2,1-3H3,(H2,14,15,16). The summed E-state index contributed by atoms with van der Waals surface area (Å²) in [6, 6.07) is 6.28. The molecule has 1 aromatic carbocycles. The Morgan fingerprint density at radius 1 is 1.33 bits per heavy atom. The van der Waals surface area contributed by atoms with Crippen molar-refractivity contribution in [2.45, 2.75) is 26.4 Å². The lowest BCUT2D eigenvalue weighted by atomic mass is 10.2. The van der Waals surface area contributed by atoms with Crippen molar-refractivity contribution in [1.29, 1.82) is 0 Å². The van der Waals surface area contributed by atoms with Crippen molar-refractivity contribution in [2.24, 2.45) is 4.99 Å². The summed E-state index contributed by atoms with van der Waals surface area (Å²) in [4.78, 5) is 4.15. The van der Waals surface area contributed by atoms with Gasteiger partial charge in [-0.25, -0.2) is 0 Å². The number of nitrogens with one attached hydrogen (secondary N) is 2. The van der Waals surface area contributed by atoms with E-state index in [0.29, 0.717) is 19.4 Å². The molecule has 0 fully saturated rings.